The highest BCUT2D eigenvalue weighted by atomic mass is 35.5. The quantitative estimate of drug-likeness (QED) is 0.610. The molecule has 1 aromatic heterocycles. The Kier molecular flexibility index (Phi) is 5.86. The smallest absolute Gasteiger partial charge is 0.234 e. The zero-order valence-corrected chi connectivity index (χ0v) is 16.5. The maximum Gasteiger partial charge on any atom is 0.234 e. The first-order valence-corrected chi connectivity index (χ1v) is 9.53. The number of amides is 1. The number of benzene rings is 2. The molecule has 134 valence electrons. The van der Waals surface area contributed by atoms with E-state index in [1.54, 1.807) is 23.0 Å². The van der Waals surface area contributed by atoms with Gasteiger partial charge in [0.1, 0.15) is 6.33 Å². The fourth-order valence-electron chi connectivity index (χ4n) is 2.32. The Morgan fingerprint density at radius 1 is 1.15 bits per heavy atom. The lowest BCUT2D eigenvalue weighted by atomic mass is 10.2. The maximum absolute atomic E-state index is 12.2. The van der Waals surface area contributed by atoms with Gasteiger partial charge >= 0.3 is 0 Å². The summed E-state index contributed by atoms with van der Waals surface area (Å²) in [6, 6.07) is 11.1. The van der Waals surface area contributed by atoms with Crippen molar-refractivity contribution in [3.05, 3.63) is 63.9 Å². The highest BCUT2D eigenvalue weighted by Gasteiger charge is 2.12. The second kappa shape index (κ2) is 8.12. The van der Waals surface area contributed by atoms with Crippen molar-refractivity contribution < 1.29 is 4.79 Å². The van der Waals surface area contributed by atoms with E-state index in [9.17, 15) is 4.79 Å². The number of carbonyl (C=O) groups is 1. The Bertz CT molecular complexity index is 958. The molecule has 3 rings (SSSR count). The van der Waals surface area contributed by atoms with Crippen LogP contribution in [0.25, 0.3) is 5.69 Å². The molecular weight excluding hydrogens is 391 g/mol. The number of carbonyl (C=O) groups excluding carboxylic acids is 1. The molecular formula is C18H16Cl2N4OS. The molecule has 0 saturated heterocycles. The van der Waals surface area contributed by atoms with Gasteiger partial charge in [0.25, 0.3) is 0 Å². The minimum atomic E-state index is -0.128. The van der Waals surface area contributed by atoms with Gasteiger partial charge < -0.3 is 5.32 Å². The molecule has 0 bridgehead atoms. The van der Waals surface area contributed by atoms with Gasteiger partial charge in [0.15, 0.2) is 5.16 Å². The number of aromatic nitrogens is 3. The van der Waals surface area contributed by atoms with E-state index in [-0.39, 0.29) is 11.7 Å². The van der Waals surface area contributed by atoms with Crippen molar-refractivity contribution in [2.75, 3.05) is 11.1 Å². The van der Waals surface area contributed by atoms with E-state index < -0.39 is 0 Å². The normalized spacial score (nSPS) is 10.8. The second-order valence-corrected chi connectivity index (χ2v) is 7.50. The van der Waals surface area contributed by atoms with Gasteiger partial charge in [-0.05, 0) is 55.3 Å². The van der Waals surface area contributed by atoms with Crippen LogP contribution >= 0.6 is 35.0 Å². The molecule has 0 aliphatic heterocycles. The van der Waals surface area contributed by atoms with Crippen molar-refractivity contribution in [3.63, 3.8) is 0 Å². The first kappa shape index (κ1) is 18.8. The molecule has 1 amide bonds. The van der Waals surface area contributed by atoms with Crippen LogP contribution in [0.1, 0.15) is 11.1 Å². The Balaban J connectivity index is 1.68. The van der Waals surface area contributed by atoms with Gasteiger partial charge in [-0.3, -0.25) is 9.36 Å². The summed E-state index contributed by atoms with van der Waals surface area (Å²) in [4.78, 5) is 12.2. The van der Waals surface area contributed by atoms with E-state index in [1.165, 1.54) is 11.8 Å². The number of hydrogen-bond donors (Lipinski definition) is 1. The fourth-order valence-corrected chi connectivity index (χ4v) is 3.45. The van der Waals surface area contributed by atoms with Gasteiger partial charge in [-0.25, -0.2) is 0 Å². The van der Waals surface area contributed by atoms with Crippen LogP contribution in [0.5, 0.6) is 0 Å². The number of nitrogens with zero attached hydrogens (tertiary/aromatic N) is 3. The molecule has 0 spiro atoms. The Hall–Kier alpha value is -2.02. The standard InChI is InChI=1S/C18H16Cl2N4OS/c1-11-3-5-14(8-15(11)20)24-10-21-23-18(24)26-9-17(25)22-16-6-4-13(19)7-12(16)2/h3-8,10H,9H2,1-2H3,(H,22,25). The number of rotatable bonds is 5. The lowest BCUT2D eigenvalue weighted by Crippen LogP contribution is -2.15. The average Bonchev–Trinajstić information content (AvgIpc) is 3.06. The van der Waals surface area contributed by atoms with Crippen LogP contribution in [0.4, 0.5) is 5.69 Å². The zero-order chi connectivity index (χ0) is 18.7. The second-order valence-electron chi connectivity index (χ2n) is 5.71. The SMILES string of the molecule is Cc1ccc(-n2cnnc2SCC(=O)Nc2ccc(Cl)cc2C)cc1Cl. The fraction of sp³-hybridized carbons (Fsp3) is 0.167. The van der Waals surface area contributed by atoms with E-state index in [0.29, 0.717) is 15.2 Å². The molecule has 8 heteroatoms. The number of anilines is 1. The zero-order valence-electron chi connectivity index (χ0n) is 14.2. The van der Waals surface area contributed by atoms with Crippen LogP contribution in [-0.2, 0) is 4.79 Å². The molecule has 0 aliphatic rings. The number of thioether (sulfide) groups is 1. The first-order chi connectivity index (χ1) is 12.4. The molecule has 0 atom stereocenters. The van der Waals surface area contributed by atoms with E-state index in [0.717, 1.165) is 22.5 Å². The molecule has 5 nitrogen and oxygen atoms in total. The molecule has 0 radical (unpaired) electrons. The summed E-state index contributed by atoms with van der Waals surface area (Å²) in [7, 11) is 0. The summed E-state index contributed by atoms with van der Waals surface area (Å²) in [5.41, 5.74) is 3.50. The van der Waals surface area contributed by atoms with Crippen LogP contribution in [-0.4, -0.2) is 26.4 Å². The van der Waals surface area contributed by atoms with Crippen molar-refractivity contribution >= 4 is 46.6 Å². The van der Waals surface area contributed by atoms with Crippen molar-refractivity contribution in [2.45, 2.75) is 19.0 Å². The van der Waals surface area contributed by atoms with E-state index in [1.807, 2.05) is 38.1 Å². The largest absolute Gasteiger partial charge is 0.325 e. The summed E-state index contributed by atoms with van der Waals surface area (Å²) < 4.78 is 1.80. The number of nitrogens with one attached hydrogen (secondary N) is 1. The number of halogens is 2. The molecule has 0 saturated carbocycles. The van der Waals surface area contributed by atoms with Gasteiger partial charge in [-0.15, -0.1) is 10.2 Å². The van der Waals surface area contributed by atoms with Crippen molar-refractivity contribution in [1.82, 2.24) is 14.8 Å². The molecule has 3 aromatic rings. The predicted molar refractivity (Wildman–Crippen MR) is 107 cm³/mol. The van der Waals surface area contributed by atoms with Crippen LogP contribution in [0.15, 0.2) is 47.9 Å². The Morgan fingerprint density at radius 2 is 1.96 bits per heavy atom. The number of hydrogen-bond acceptors (Lipinski definition) is 4. The van der Waals surface area contributed by atoms with Gasteiger partial charge in [-0.2, -0.15) is 0 Å². The van der Waals surface area contributed by atoms with Crippen molar-refractivity contribution in [1.29, 1.82) is 0 Å². The summed E-state index contributed by atoms with van der Waals surface area (Å²) in [6.07, 6.45) is 1.60. The first-order valence-electron chi connectivity index (χ1n) is 7.79. The van der Waals surface area contributed by atoms with E-state index >= 15 is 0 Å². The van der Waals surface area contributed by atoms with Crippen molar-refractivity contribution in [3.8, 4) is 5.69 Å². The molecule has 0 aliphatic carbocycles. The van der Waals surface area contributed by atoms with Crippen molar-refractivity contribution in [2.24, 2.45) is 0 Å². The molecule has 1 heterocycles. The highest BCUT2D eigenvalue weighted by molar-refractivity contribution is 7.99. The van der Waals surface area contributed by atoms with Crippen LogP contribution < -0.4 is 5.32 Å². The summed E-state index contributed by atoms with van der Waals surface area (Å²) in [5, 5.41) is 12.8. The Labute approximate surface area is 165 Å². The van der Waals surface area contributed by atoms with Crippen LogP contribution in [0, 0.1) is 13.8 Å². The predicted octanol–water partition coefficient (Wildman–Crippen LogP) is 4.92. The third-order valence-electron chi connectivity index (χ3n) is 3.74. The lowest BCUT2D eigenvalue weighted by Gasteiger charge is -2.09. The Morgan fingerprint density at radius 3 is 2.69 bits per heavy atom. The summed E-state index contributed by atoms with van der Waals surface area (Å²) in [6.45, 7) is 3.84. The van der Waals surface area contributed by atoms with E-state index in [2.05, 4.69) is 15.5 Å². The summed E-state index contributed by atoms with van der Waals surface area (Å²) in [5.74, 6) is 0.0808. The molecule has 0 unspecified atom stereocenters. The summed E-state index contributed by atoms with van der Waals surface area (Å²) >= 11 is 13.4. The monoisotopic (exact) mass is 406 g/mol. The van der Waals surface area contributed by atoms with Crippen LogP contribution in [0.2, 0.25) is 10.0 Å². The van der Waals surface area contributed by atoms with Gasteiger partial charge in [0.2, 0.25) is 5.91 Å². The lowest BCUT2D eigenvalue weighted by molar-refractivity contribution is -0.113. The highest BCUT2D eigenvalue weighted by Crippen LogP contribution is 2.24. The number of aryl methyl sites for hydroxylation is 2. The average molecular weight is 407 g/mol. The van der Waals surface area contributed by atoms with Gasteiger partial charge in [0.05, 0.1) is 11.4 Å². The third kappa shape index (κ3) is 4.38. The minimum absolute atomic E-state index is 0.128. The molecule has 1 N–H and O–H groups in total. The van der Waals surface area contributed by atoms with Gasteiger partial charge in [-0.1, -0.05) is 41.0 Å². The molecule has 0 fully saturated rings. The van der Waals surface area contributed by atoms with Crippen LogP contribution in [0.3, 0.4) is 0 Å². The van der Waals surface area contributed by atoms with Gasteiger partial charge in [0, 0.05) is 15.7 Å². The van der Waals surface area contributed by atoms with E-state index in [4.69, 9.17) is 23.2 Å². The third-order valence-corrected chi connectivity index (χ3v) is 5.33. The molecule has 2 aromatic carbocycles. The maximum atomic E-state index is 12.2. The topological polar surface area (TPSA) is 59.8 Å². The molecule has 26 heavy (non-hydrogen) atoms. The minimum Gasteiger partial charge on any atom is -0.325 e.